The van der Waals surface area contributed by atoms with Crippen LogP contribution < -0.4 is 0 Å². The number of fused-ring (bicyclic) bond motifs is 2. The maximum absolute atomic E-state index is 4.89. The van der Waals surface area contributed by atoms with Crippen molar-refractivity contribution < 1.29 is 0 Å². The molecule has 3 fully saturated rings. The third-order valence-electron chi connectivity index (χ3n) is 6.76. The van der Waals surface area contributed by atoms with E-state index in [1.807, 2.05) is 0 Å². The molecule has 1 aromatic carbocycles. The second kappa shape index (κ2) is 5.68. The van der Waals surface area contributed by atoms with Gasteiger partial charge in [0, 0.05) is 48.9 Å². The van der Waals surface area contributed by atoms with Gasteiger partial charge in [0.2, 0.25) is 0 Å². The van der Waals surface area contributed by atoms with Crippen molar-refractivity contribution in [2.75, 3.05) is 19.6 Å². The van der Waals surface area contributed by atoms with E-state index in [2.05, 4.69) is 58.9 Å². The van der Waals surface area contributed by atoms with Gasteiger partial charge in [0.15, 0.2) is 5.82 Å². The highest BCUT2D eigenvalue weighted by molar-refractivity contribution is 5.91. The molecule has 27 heavy (non-hydrogen) atoms. The second-order valence-electron chi connectivity index (χ2n) is 9.11. The number of imidazole rings is 1. The minimum Gasteiger partial charge on any atom is -0.340 e. The van der Waals surface area contributed by atoms with E-state index in [4.69, 9.17) is 10.1 Å². The molecule has 1 N–H and O–H groups in total. The zero-order chi connectivity index (χ0) is 18.1. The van der Waals surface area contributed by atoms with Crippen LogP contribution in [-0.2, 0) is 0 Å². The molecule has 3 aromatic rings. The van der Waals surface area contributed by atoms with E-state index in [0.29, 0.717) is 12.0 Å². The van der Waals surface area contributed by atoms with E-state index < -0.39 is 0 Å². The van der Waals surface area contributed by atoms with Gasteiger partial charge < -0.3 is 9.88 Å². The molecule has 1 saturated heterocycles. The Labute approximate surface area is 159 Å². The quantitative estimate of drug-likeness (QED) is 0.745. The summed E-state index contributed by atoms with van der Waals surface area (Å²) in [5, 5.41) is 6.07. The number of para-hydroxylation sites is 1. The van der Waals surface area contributed by atoms with Crippen molar-refractivity contribution in [1.29, 1.82) is 0 Å². The van der Waals surface area contributed by atoms with Crippen LogP contribution in [0.1, 0.15) is 44.3 Å². The van der Waals surface area contributed by atoms with Crippen LogP contribution in [0, 0.1) is 17.8 Å². The molecule has 3 aliphatic rings. The normalized spacial score (nSPS) is 27.6. The summed E-state index contributed by atoms with van der Waals surface area (Å²) >= 11 is 0. The number of nitrogens with one attached hydrogen (secondary N) is 1. The van der Waals surface area contributed by atoms with E-state index in [-0.39, 0.29) is 0 Å². The van der Waals surface area contributed by atoms with Crippen LogP contribution in [0.15, 0.2) is 30.5 Å². The molecular formula is C22H27N5. The molecule has 2 unspecified atom stereocenters. The summed E-state index contributed by atoms with van der Waals surface area (Å²) in [4.78, 5) is 11.1. The monoisotopic (exact) mass is 361 g/mol. The van der Waals surface area contributed by atoms with Gasteiger partial charge in [-0.2, -0.15) is 5.10 Å². The van der Waals surface area contributed by atoms with Crippen molar-refractivity contribution >= 4 is 10.9 Å². The van der Waals surface area contributed by atoms with E-state index in [1.54, 1.807) is 0 Å². The Morgan fingerprint density at radius 2 is 1.93 bits per heavy atom. The summed E-state index contributed by atoms with van der Waals surface area (Å²) in [7, 11) is 0. The van der Waals surface area contributed by atoms with Gasteiger partial charge in [-0.25, -0.2) is 4.98 Å². The first-order valence-corrected chi connectivity index (χ1v) is 10.4. The lowest BCUT2D eigenvalue weighted by molar-refractivity contribution is 0.285. The number of rotatable bonds is 5. The molecule has 6 rings (SSSR count). The Hall–Kier alpha value is -2.14. The Kier molecular flexibility index (Phi) is 3.34. The highest BCUT2D eigenvalue weighted by Crippen LogP contribution is 2.58. The largest absolute Gasteiger partial charge is 0.340 e. The summed E-state index contributed by atoms with van der Waals surface area (Å²) in [5.74, 6) is 4.27. The molecule has 5 nitrogen and oxygen atoms in total. The van der Waals surface area contributed by atoms with Gasteiger partial charge in [-0.05, 0) is 50.5 Å². The van der Waals surface area contributed by atoms with Crippen molar-refractivity contribution in [2.45, 2.75) is 38.6 Å². The third-order valence-corrected chi connectivity index (χ3v) is 6.76. The first kappa shape index (κ1) is 15.9. The van der Waals surface area contributed by atoms with Gasteiger partial charge in [-0.1, -0.05) is 18.2 Å². The lowest BCUT2D eigenvalue weighted by Crippen LogP contribution is -2.26. The molecule has 0 spiro atoms. The number of aromatic nitrogens is 4. The van der Waals surface area contributed by atoms with Crippen LogP contribution in [0.2, 0.25) is 0 Å². The number of hydrogen-bond donors (Lipinski definition) is 1. The molecule has 0 radical (unpaired) electrons. The Balaban J connectivity index is 1.26. The molecule has 2 aromatic heterocycles. The van der Waals surface area contributed by atoms with E-state index in [9.17, 15) is 0 Å². The number of likely N-dealkylation sites (tertiary alicyclic amines) is 1. The molecule has 2 saturated carbocycles. The van der Waals surface area contributed by atoms with Crippen LogP contribution in [0.3, 0.4) is 0 Å². The fraction of sp³-hybridized carbons (Fsp3) is 0.545. The molecule has 2 atom stereocenters. The number of H-pyrrole nitrogens is 1. The van der Waals surface area contributed by atoms with Crippen molar-refractivity contribution in [3.63, 3.8) is 0 Å². The lowest BCUT2D eigenvalue weighted by Gasteiger charge is -2.18. The molecule has 2 aliphatic carbocycles. The highest BCUT2D eigenvalue weighted by atomic mass is 15.3. The summed E-state index contributed by atoms with van der Waals surface area (Å²) < 4.78 is 2.11. The minimum absolute atomic E-state index is 0.332. The molecule has 3 heterocycles. The first-order chi connectivity index (χ1) is 13.2. The number of benzene rings is 1. The van der Waals surface area contributed by atoms with Gasteiger partial charge in [-0.3, -0.25) is 4.68 Å². The Morgan fingerprint density at radius 1 is 1.15 bits per heavy atom. The van der Waals surface area contributed by atoms with Gasteiger partial charge in [-0.15, -0.1) is 0 Å². The summed E-state index contributed by atoms with van der Waals surface area (Å²) in [6.45, 7) is 8.26. The van der Waals surface area contributed by atoms with Gasteiger partial charge >= 0.3 is 0 Å². The number of hydrogen-bond acceptors (Lipinski definition) is 3. The molecule has 1 aliphatic heterocycles. The van der Waals surface area contributed by atoms with Crippen molar-refractivity contribution in [3.8, 4) is 11.5 Å². The van der Waals surface area contributed by atoms with Crippen LogP contribution >= 0.6 is 0 Å². The zero-order valence-corrected chi connectivity index (χ0v) is 16.1. The standard InChI is InChI=1S/C22H27N5/c1-13(2)27-19-6-4-3-5-15(19)21(25-27)22-23-9-18(24-22)20-16-11-26(12-17(16)20)10-14-7-8-14/h3-6,9,13-14,16-17,20H,7-8,10-12H2,1-2H3,(H,23,24). The predicted molar refractivity (Wildman–Crippen MR) is 107 cm³/mol. The topological polar surface area (TPSA) is 49.7 Å². The predicted octanol–water partition coefficient (Wildman–Crippen LogP) is 4.06. The fourth-order valence-corrected chi connectivity index (χ4v) is 5.17. The third kappa shape index (κ3) is 2.55. The minimum atomic E-state index is 0.332. The maximum atomic E-state index is 4.89. The second-order valence-corrected chi connectivity index (χ2v) is 9.11. The van der Waals surface area contributed by atoms with E-state index in [0.717, 1.165) is 29.3 Å². The van der Waals surface area contributed by atoms with Crippen molar-refractivity contribution in [3.05, 3.63) is 36.2 Å². The van der Waals surface area contributed by atoms with E-state index in [1.165, 1.54) is 49.1 Å². The summed E-state index contributed by atoms with van der Waals surface area (Å²) in [6.07, 6.45) is 4.97. The summed E-state index contributed by atoms with van der Waals surface area (Å²) in [6, 6.07) is 8.80. The first-order valence-electron chi connectivity index (χ1n) is 10.4. The molecule has 0 amide bonds. The van der Waals surface area contributed by atoms with Crippen molar-refractivity contribution in [1.82, 2.24) is 24.6 Å². The smallest absolute Gasteiger partial charge is 0.158 e. The molecular weight excluding hydrogens is 334 g/mol. The summed E-state index contributed by atoms with van der Waals surface area (Å²) in [5.41, 5.74) is 3.47. The zero-order valence-electron chi connectivity index (χ0n) is 16.1. The SMILES string of the molecule is CC(C)n1nc(-c2ncc(C3C4CN(CC5CC5)CC43)[nH]2)c2ccccc21. The number of piperidine rings is 1. The average Bonchev–Trinajstić information content (AvgIpc) is 3.40. The van der Waals surface area contributed by atoms with Gasteiger partial charge in [0.1, 0.15) is 5.69 Å². The molecule has 5 heteroatoms. The van der Waals surface area contributed by atoms with E-state index >= 15 is 0 Å². The van der Waals surface area contributed by atoms with Crippen LogP contribution in [0.25, 0.3) is 22.4 Å². The number of nitrogens with zero attached hydrogens (tertiary/aromatic N) is 4. The van der Waals surface area contributed by atoms with Crippen LogP contribution in [0.4, 0.5) is 0 Å². The Morgan fingerprint density at radius 3 is 2.67 bits per heavy atom. The molecule has 140 valence electrons. The average molecular weight is 361 g/mol. The van der Waals surface area contributed by atoms with Crippen LogP contribution in [-0.4, -0.2) is 44.3 Å². The molecule has 0 bridgehead atoms. The Bertz CT molecular complexity index is 983. The lowest BCUT2D eigenvalue weighted by atomic mass is 10.2. The number of aromatic amines is 1. The maximum Gasteiger partial charge on any atom is 0.158 e. The van der Waals surface area contributed by atoms with Gasteiger partial charge in [0.25, 0.3) is 0 Å². The fourth-order valence-electron chi connectivity index (χ4n) is 5.17. The highest BCUT2D eigenvalue weighted by Gasteiger charge is 2.57. The van der Waals surface area contributed by atoms with Crippen molar-refractivity contribution in [2.24, 2.45) is 17.8 Å². The van der Waals surface area contributed by atoms with Crippen LogP contribution in [0.5, 0.6) is 0 Å². The van der Waals surface area contributed by atoms with Gasteiger partial charge in [0.05, 0.1) is 5.52 Å².